The summed E-state index contributed by atoms with van der Waals surface area (Å²) >= 11 is 0. The van der Waals surface area contributed by atoms with Gasteiger partial charge in [-0.3, -0.25) is 9.59 Å². The van der Waals surface area contributed by atoms with Gasteiger partial charge in [-0.25, -0.2) is 0 Å². The van der Waals surface area contributed by atoms with Crippen molar-refractivity contribution in [1.82, 2.24) is 9.80 Å². The van der Waals surface area contributed by atoms with E-state index in [2.05, 4.69) is 48.5 Å². The van der Waals surface area contributed by atoms with E-state index in [0.29, 0.717) is 0 Å². The van der Waals surface area contributed by atoms with Gasteiger partial charge in [-0.1, -0.05) is 115 Å². The summed E-state index contributed by atoms with van der Waals surface area (Å²) in [5.74, 6) is -0.102. The normalized spacial score (nSPS) is 16.2. The summed E-state index contributed by atoms with van der Waals surface area (Å²) in [6.45, 7) is 3.18. The molecule has 1 unspecified atom stereocenters. The first-order valence-electron chi connectivity index (χ1n) is 14.5. The Kier molecular flexibility index (Phi) is 7.50. The van der Waals surface area contributed by atoms with Crippen molar-refractivity contribution in [2.45, 2.75) is 37.0 Å². The molecule has 4 heteroatoms. The monoisotopic (exact) mass is 528 g/mol. The lowest BCUT2D eigenvalue weighted by Crippen LogP contribution is -2.47. The summed E-state index contributed by atoms with van der Waals surface area (Å²) in [6, 6.07) is 38.7. The molecule has 2 aliphatic heterocycles. The van der Waals surface area contributed by atoms with E-state index < -0.39 is 5.41 Å². The third-order valence-corrected chi connectivity index (χ3v) is 8.60. The fraction of sp³-hybridized carbons (Fsp3) is 0.278. The van der Waals surface area contributed by atoms with Crippen LogP contribution in [0.1, 0.15) is 59.4 Å². The van der Waals surface area contributed by atoms with E-state index in [1.807, 2.05) is 76.5 Å². The Hall–Kier alpha value is -4.18. The number of rotatable bonds is 7. The summed E-state index contributed by atoms with van der Waals surface area (Å²) < 4.78 is 0. The summed E-state index contributed by atoms with van der Waals surface area (Å²) in [7, 11) is 0. The SMILES string of the molecule is O=C(C(c1ccccc1)c1ccc(C(C(=O)N2CCCC2)(c2ccccc2)c2ccccc2)cc1)N1CCCC1. The lowest BCUT2D eigenvalue weighted by molar-refractivity contribution is -0.133. The van der Waals surface area contributed by atoms with Gasteiger partial charge in [0.05, 0.1) is 5.92 Å². The molecular weight excluding hydrogens is 492 g/mol. The Morgan fingerprint density at radius 1 is 0.500 bits per heavy atom. The average molecular weight is 529 g/mol. The Morgan fingerprint density at radius 3 is 1.40 bits per heavy atom. The van der Waals surface area contributed by atoms with Crippen LogP contribution in [0.4, 0.5) is 0 Å². The zero-order valence-electron chi connectivity index (χ0n) is 22.9. The van der Waals surface area contributed by atoms with Crippen LogP contribution >= 0.6 is 0 Å². The quantitative estimate of drug-likeness (QED) is 0.261. The van der Waals surface area contributed by atoms with Crippen LogP contribution in [0.25, 0.3) is 0 Å². The van der Waals surface area contributed by atoms with Gasteiger partial charge >= 0.3 is 0 Å². The highest BCUT2D eigenvalue weighted by molar-refractivity contribution is 5.96. The van der Waals surface area contributed by atoms with Crippen molar-refractivity contribution in [3.8, 4) is 0 Å². The Labute approximate surface area is 237 Å². The fourth-order valence-electron chi connectivity index (χ4n) is 6.57. The van der Waals surface area contributed by atoms with Crippen LogP contribution in [0.15, 0.2) is 115 Å². The Morgan fingerprint density at radius 2 is 0.900 bits per heavy atom. The van der Waals surface area contributed by atoms with Crippen LogP contribution < -0.4 is 0 Å². The molecule has 2 fully saturated rings. The first-order valence-corrected chi connectivity index (χ1v) is 14.5. The molecule has 2 heterocycles. The number of amides is 2. The molecule has 0 bridgehead atoms. The molecule has 40 heavy (non-hydrogen) atoms. The molecule has 0 aliphatic carbocycles. The lowest BCUT2D eigenvalue weighted by atomic mass is 9.68. The van der Waals surface area contributed by atoms with Crippen molar-refractivity contribution in [2.75, 3.05) is 26.2 Å². The summed E-state index contributed by atoms with van der Waals surface area (Å²) in [4.78, 5) is 32.5. The minimum Gasteiger partial charge on any atom is -0.342 e. The van der Waals surface area contributed by atoms with Crippen molar-refractivity contribution < 1.29 is 9.59 Å². The molecule has 0 N–H and O–H groups in total. The smallest absolute Gasteiger partial charge is 0.242 e. The van der Waals surface area contributed by atoms with E-state index in [-0.39, 0.29) is 17.7 Å². The van der Waals surface area contributed by atoms with Gasteiger partial charge in [0.15, 0.2) is 0 Å². The molecule has 1 atom stereocenters. The van der Waals surface area contributed by atoms with Gasteiger partial charge < -0.3 is 9.80 Å². The van der Waals surface area contributed by atoms with Gasteiger partial charge in [0.2, 0.25) is 11.8 Å². The molecule has 0 aromatic heterocycles. The first kappa shape index (κ1) is 26.1. The van der Waals surface area contributed by atoms with E-state index in [0.717, 1.165) is 79.7 Å². The average Bonchev–Trinajstić information content (AvgIpc) is 3.76. The molecule has 4 aromatic rings. The molecule has 0 radical (unpaired) electrons. The number of carbonyl (C=O) groups is 2. The lowest BCUT2D eigenvalue weighted by Gasteiger charge is -2.38. The number of benzene rings is 4. The zero-order valence-corrected chi connectivity index (χ0v) is 22.9. The maximum Gasteiger partial charge on any atom is 0.242 e. The highest BCUT2D eigenvalue weighted by Gasteiger charge is 2.46. The van der Waals surface area contributed by atoms with E-state index >= 15 is 0 Å². The van der Waals surface area contributed by atoms with Crippen LogP contribution in [0.5, 0.6) is 0 Å². The summed E-state index contributed by atoms with van der Waals surface area (Å²) in [5.41, 5.74) is 3.81. The fourth-order valence-corrected chi connectivity index (χ4v) is 6.57. The van der Waals surface area contributed by atoms with Crippen LogP contribution in [-0.2, 0) is 15.0 Å². The summed E-state index contributed by atoms with van der Waals surface area (Å²) in [5, 5.41) is 0. The first-order chi connectivity index (χ1) is 19.7. The minimum atomic E-state index is -0.980. The van der Waals surface area contributed by atoms with Gasteiger partial charge in [-0.2, -0.15) is 0 Å². The molecule has 6 rings (SSSR count). The minimum absolute atomic E-state index is 0.114. The molecule has 2 aliphatic rings. The summed E-state index contributed by atoms with van der Waals surface area (Å²) in [6.07, 6.45) is 4.17. The largest absolute Gasteiger partial charge is 0.342 e. The second-order valence-corrected chi connectivity index (χ2v) is 11.0. The highest BCUT2D eigenvalue weighted by Crippen LogP contribution is 2.42. The predicted octanol–water partition coefficient (Wildman–Crippen LogP) is 6.40. The second-order valence-electron chi connectivity index (χ2n) is 11.0. The van der Waals surface area contributed by atoms with Crippen molar-refractivity contribution in [3.63, 3.8) is 0 Å². The van der Waals surface area contributed by atoms with Gasteiger partial charge in [-0.15, -0.1) is 0 Å². The van der Waals surface area contributed by atoms with Crippen LogP contribution in [0.2, 0.25) is 0 Å². The topological polar surface area (TPSA) is 40.6 Å². The number of carbonyl (C=O) groups excluding carboxylic acids is 2. The number of nitrogens with zero attached hydrogens (tertiary/aromatic N) is 2. The molecular formula is C36H36N2O2. The van der Waals surface area contributed by atoms with Crippen LogP contribution in [0, 0.1) is 0 Å². The second kappa shape index (κ2) is 11.5. The van der Waals surface area contributed by atoms with Crippen molar-refractivity contribution in [2.24, 2.45) is 0 Å². The molecule has 2 amide bonds. The third kappa shape index (κ3) is 4.72. The molecule has 2 saturated heterocycles. The molecule has 4 nitrogen and oxygen atoms in total. The van der Waals surface area contributed by atoms with E-state index in [9.17, 15) is 9.59 Å². The number of likely N-dealkylation sites (tertiary alicyclic amines) is 2. The highest BCUT2D eigenvalue weighted by atomic mass is 16.2. The van der Waals surface area contributed by atoms with Gasteiger partial charge in [-0.05, 0) is 53.5 Å². The zero-order chi connectivity index (χ0) is 27.4. The Balaban J connectivity index is 1.50. The predicted molar refractivity (Wildman–Crippen MR) is 159 cm³/mol. The molecule has 202 valence electrons. The maximum atomic E-state index is 14.7. The van der Waals surface area contributed by atoms with Gasteiger partial charge in [0, 0.05) is 26.2 Å². The molecule has 4 aromatic carbocycles. The van der Waals surface area contributed by atoms with Crippen LogP contribution in [0.3, 0.4) is 0 Å². The van der Waals surface area contributed by atoms with Gasteiger partial charge in [0.1, 0.15) is 5.41 Å². The molecule has 0 saturated carbocycles. The maximum absolute atomic E-state index is 14.7. The van der Waals surface area contributed by atoms with E-state index in [1.54, 1.807) is 0 Å². The van der Waals surface area contributed by atoms with E-state index in [1.165, 1.54) is 0 Å². The molecule has 0 spiro atoms. The van der Waals surface area contributed by atoms with E-state index in [4.69, 9.17) is 0 Å². The van der Waals surface area contributed by atoms with Crippen molar-refractivity contribution in [1.29, 1.82) is 0 Å². The van der Waals surface area contributed by atoms with Crippen molar-refractivity contribution in [3.05, 3.63) is 143 Å². The number of hydrogen-bond acceptors (Lipinski definition) is 2. The van der Waals surface area contributed by atoms with Crippen LogP contribution in [-0.4, -0.2) is 47.8 Å². The van der Waals surface area contributed by atoms with Gasteiger partial charge in [0.25, 0.3) is 0 Å². The standard InChI is InChI=1S/C36H36N2O2/c39-34(37-24-10-11-25-37)33(28-14-4-1-5-15-28)29-20-22-32(23-21-29)36(30-16-6-2-7-17-30,31-18-8-3-9-19-31)35(40)38-26-12-13-27-38/h1-9,14-23,33H,10-13,24-27H2. The Bertz CT molecular complexity index is 1380. The van der Waals surface area contributed by atoms with Crippen molar-refractivity contribution >= 4 is 11.8 Å². The third-order valence-electron chi connectivity index (χ3n) is 8.60. The number of hydrogen-bond donors (Lipinski definition) is 0.